The Morgan fingerprint density at radius 1 is 0.853 bits per heavy atom. The van der Waals surface area contributed by atoms with Gasteiger partial charge in [-0.1, -0.05) is 61.5 Å². The summed E-state index contributed by atoms with van der Waals surface area (Å²) in [7, 11) is 1.86. The average Bonchev–Trinajstić information content (AvgIpc) is 3.10. The highest BCUT2D eigenvalue weighted by molar-refractivity contribution is 6.45. The van der Waals surface area contributed by atoms with Gasteiger partial charge in [0, 0.05) is 13.6 Å². The number of hydrogen-bond acceptors (Lipinski definition) is 4. The lowest BCUT2D eigenvalue weighted by molar-refractivity contribution is -0.120. The second-order valence-electron chi connectivity index (χ2n) is 8.60. The first-order valence-corrected chi connectivity index (χ1v) is 11.6. The van der Waals surface area contributed by atoms with Crippen molar-refractivity contribution in [3.8, 4) is 5.75 Å². The van der Waals surface area contributed by atoms with E-state index in [1.807, 2.05) is 98.6 Å². The molecule has 3 aromatic rings. The molecule has 0 atom stereocenters. The van der Waals surface area contributed by atoms with Gasteiger partial charge in [-0.2, -0.15) is 0 Å². The molecule has 0 unspecified atom stereocenters. The molecule has 5 heteroatoms. The third-order valence-electron chi connectivity index (χ3n) is 6.14. The second-order valence-corrected chi connectivity index (χ2v) is 8.60. The van der Waals surface area contributed by atoms with Crippen LogP contribution in [0.15, 0.2) is 78.5 Å². The van der Waals surface area contributed by atoms with E-state index < -0.39 is 0 Å². The van der Waals surface area contributed by atoms with Crippen molar-refractivity contribution in [2.45, 2.75) is 33.7 Å². The number of amides is 2. The number of rotatable bonds is 8. The first-order valence-electron chi connectivity index (χ1n) is 11.6. The number of nitrogens with zero attached hydrogens (tertiary/aromatic N) is 2. The normalized spacial score (nSPS) is 13.6. The predicted molar refractivity (Wildman–Crippen MR) is 135 cm³/mol. The van der Waals surface area contributed by atoms with Gasteiger partial charge >= 0.3 is 0 Å². The van der Waals surface area contributed by atoms with Crippen LogP contribution in [-0.2, 0) is 16.1 Å². The summed E-state index contributed by atoms with van der Waals surface area (Å²) in [5.41, 5.74) is 5.14. The molecule has 174 valence electrons. The predicted octanol–water partition coefficient (Wildman–Crippen LogP) is 5.51. The van der Waals surface area contributed by atoms with Crippen molar-refractivity contribution in [2.75, 3.05) is 18.6 Å². The van der Waals surface area contributed by atoms with Gasteiger partial charge in [0.1, 0.15) is 11.4 Å². The molecule has 0 bridgehead atoms. The Morgan fingerprint density at radius 2 is 1.56 bits per heavy atom. The van der Waals surface area contributed by atoms with Crippen LogP contribution in [-0.4, -0.2) is 30.4 Å². The Hall–Kier alpha value is -3.86. The zero-order valence-corrected chi connectivity index (χ0v) is 20.2. The minimum absolute atomic E-state index is 0.307. The monoisotopic (exact) mass is 454 g/mol. The molecule has 1 heterocycles. The van der Waals surface area contributed by atoms with Gasteiger partial charge in [-0.15, -0.1) is 0 Å². The Kier molecular flexibility index (Phi) is 6.82. The molecule has 3 aromatic carbocycles. The second kappa shape index (κ2) is 9.96. The summed E-state index contributed by atoms with van der Waals surface area (Å²) in [6, 6.07) is 23.0. The maximum Gasteiger partial charge on any atom is 0.282 e. The van der Waals surface area contributed by atoms with Gasteiger partial charge < -0.3 is 9.64 Å². The summed E-state index contributed by atoms with van der Waals surface area (Å²) < 4.78 is 5.70. The molecule has 0 saturated carbocycles. The van der Waals surface area contributed by atoms with Crippen molar-refractivity contribution in [2.24, 2.45) is 0 Å². The van der Waals surface area contributed by atoms with Gasteiger partial charge in [0.2, 0.25) is 0 Å². The van der Waals surface area contributed by atoms with Crippen LogP contribution >= 0.6 is 0 Å². The maximum absolute atomic E-state index is 13.8. The number of carbonyl (C=O) groups excluding carboxylic acids is 2. The van der Waals surface area contributed by atoms with Crippen LogP contribution in [0.3, 0.4) is 0 Å². The van der Waals surface area contributed by atoms with Crippen LogP contribution in [0.25, 0.3) is 5.57 Å². The fourth-order valence-corrected chi connectivity index (χ4v) is 4.20. The van der Waals surface area contributed by atoms with E-state index in [1.165, 1.54) is 4.90 Å². The molecular weight excluding hydrogens is 424 g/mol. The largest absolute Gasteiger partial charge is 0.494 e. The van der Waals surface area contributed by atoms with E-state index >= 15 is 0 Å². The fraction of sp³-hybridized carbons (Fsp3) is 0.241. The van der Waals surface area contributed by atoms with Gasteiger partial charge in [-0.05, 0) is 60.7 Å². The fourth-order valence-electron chi connectivity index (χ4n) is 4.20. The van der Waals surface area contributed by atoms with Crippen molar-refractivity contribution < 1.29 is 14.3 Å². The van der Waals surface area contributed by atoms with Crippen molar-refractivity contribution >= 4 is 23.1 Å². The third kappa shape index (κ3) is 4.46. The van der Waals surface area contributed by atoms with Crippen LogP contribution in [0.1, 0.15) is 35.6 Å². The van der Waals surface area contributed by atoms with E-state index in [0.29, 0.717) is 35.7 Å². The van der Waals surface area contributed by atoms with Crippen LogP contribution in [0.4, 0.5) is 5.69 Å². The lowest BCUT2D eigenvalue weighted by atomic mass is 10.0. The molecule has 0 radical (unpaired) electrons. The van der Waals surface area contributed by atoms with E-state index in [0.717, 1.165) is 28.9 Å². The molecule has 2 amide bonds. The van der Waals surface area contributed by atoms with E-state index in [1.54, 1.807) is 0 Å². The zero-order chi connectivity index (χ0) is 24.2. The molecule has 4 rings (SSSR count). The minimum Gasteiger partial charge on any atom is -0.494 e. The minimum atomic E-state index is -0.309. The van der Waals surface area contributed by atoms with Gasteiger partial charge in [0.15, 0.2) is 0 Å². The number of imide groups is 1. The van der Waals surface area contributed by atoms with Crippen LogP contribution < -0.4 is 9.64 Å². The first kappa shape index (κ1) is 23.3. The number of ether oxygens (including phenoxy) is 1. The van der Waals surface area contributed by atoms with Crippen molar-refractivity contribution in [1.82, 2.24) is 4.90 Å². The van der Waals surface area contributed by atoms with Gasteiger partial charge in [0.25, 0.3) is 11.8 Å². The van der Waals surface area contributed by atoms with E-state index in [2.05, 4.69) is 6.92 Å². The quantitative estimate of drug-likeness (QED) is 0.421. The van der Waals surface area contributed by atoms with Gasteiger partial charge in [-0.3, -0.25) is 9.59 Å². The number of carbonyl (C=O) groups is 2. The van der Waals surface area contributed by atoms with Gasteiger partial charge in [0.05, 0.1) is 17.9 Å². The van der Waals surface area contributed by atoms with Crippen molar-refractivity contribution in [3.63, 3.8) is 0 Å². The van der Waals surface area contributed by atoms with Crippen molar-refractivity contribution in [3.05, 3.63) is 101 Å². The lowest BCUT2D eigenvalue weighted by Gasteiger charge is -2.22. The number of likely N-dealkylation sites (N-methyl/N-ethyl adjacent to an activating group) is 1. The zero-order valence-electron chi connectivity index (χ0n) is 20.2. The molecule has 0 aliphatic carbocycles. The Morgan fingerprint density at radius 3 is 2.24 bits per heavy atom. The highest BCUT2D eigenvalue weighted by atomic mass is 16.5. The lowest BCUT2D eigenvalue weighted by Crippen LogP contribution is -2.34. The van der Waals surface area contributed by atoms with Gasteiger partial charge in [-0.25, -0.2) is 4.90 Å². The van der Waals surface area contributed by atoms with Crippen LogP contribution in [0, 0.1) is 13.8 Å². The molecule has 0 N–H and O–H groups in total. The van der Waals surface area contributed by atoms with Crippen LogP contribution in [0.2, 0.25) is 0 Å². The number of hydrogen-bond donors (Lipinski definition) is 0. The Labute approximate surface area is 201 Å². The van der Waals surface area contributed by atoms with E-state index in [9.17, 15) is 9.59 Å². The summed E-state index contributed by atoms with van der Waals surface area (Å²) in [5, 5.41) is 0. The molecule has 0 spiro atoms. The van der Waals surface area contributed by atoms with E-state index in [-0.39, 0.29) is 11.8 Å². The summed E-state index contributed by atoms with van der Waals surface area (Å²) in [6.07, 6.45) is 0.916. The Balaban J connectivity index is 1.78. The third-order valence-corrected chi connectivity index (χ3v) is 6.14. The molecule has 0 fully saturated rings. The maximum atomic E-state index is 13.8. The van der Waals surface area contributed by atoms with E-state index in [4.69, 9.17) is 4.74 Å². The molecular formula is C29H30N2O3. The summed E-state index contributed by atoms with van der Waals surface area (Å²) in [6.45, 7) is 7.12. The standard InChI is InChI=1S/C29H30N2O3/c1-5-18-34-24-16-14-23(15-17-24)26-27(30(4)19-22-11-7-6-8-12-22)29(33)31(28(26)32)25-13-9-10-20(2)21(25)3/h6-17H,5,18-19H2,1-4H3. The van der Waals surface area contributed by atoms with Crippen molar-refractivity contribution in [1.29, 1.82) is 0 Å². The number of anilines is 1. The molecule has 5 nitrogen and oxygen atoms in total. The summed E-state index contributed by atoms with van der Waals surface area (Å²) >= 11 is 0. The first-order chi connectivity index (χ1) is 16.4. The SMILES string of the molecule is CCCOc1ccc(C2=C(N(C)Cc3ccccc3)C(=O)N(c3cccc(C)c3C)C2=O)cc1. The number of benzene rings is 3. The molecule has 1 aliphatic heterocycles. The highest BCUT2D eigenvalue weighted by Gasteiger charge is 2.42. The Bertz CT molecular complexity index is 1230. The highest BCUT2D eigenvalue weighted by Crippen LogP contribution is 2.37. The molecule has 0 saturated heterocycles. The number of aryl methyl sites for hydroxylation is 1. The molecule has 0 aromatic heterocycles. The summed E-state index contributed by atoms with van der Waals surface area (Å²) in [4.78, 5) is 30.8. The molecule has 34 heavy (non-hydrogen) atoms. The van der Waals surface area contributed by atoms with Crippen LogP contribution in [0.5, 0.6) is 5.75 Å². The smallest absolute Gasteiger partial charge is 0.282 e. The topological polar surface area (TPSA) is 49.9 Å². The average molecular weight is 455 g/mol. The molecule has 1 aliphatic rings. The summed E-state index contributed by atoms with van der Waals surface area (Å²) in [5.74, 6) is 0.128.